The van der Waals surface area contributed by atoms with E-state index in [0.29, 0.717) is 23.2 Å². The van der Waals surface area contributed by atoms with Crippen molar-refractivity contribution in [1.29, 1.82) is 0 Å². The third kappa shape index (κ3) is 4.14. The molecule has 1 atom stereocenters. The lowest BCUT2D eigenvalue weighted by molar-refractivity contribution is 0.0904. The second-order valence-corrected chi connectivity index (χ2v) is 6.17. The third-order valence-corrected chi connectivity index (χ3v) is 4.40. The lowest BCUT2D eigenvalue weighted by Gasteiger charge is -2.04. The van der Waals surface area contributed by atoms with Crippen LogP contribution in [0.4, 0.5) is 9.93 Å². The van der Waals surface area contributed by atoms with E-state index in [4.69, 9.17) is 9.47 Å². The summed E-state index contributed by atoms with van der Waals surface area (Å²) in [6, 6.07) is 9.39. The number of anilines is 1. The van der Waals surface area contributed by atoms with Crippen LogP contribution in [0.1, 0.15) is 21.7 Å². The lowest BCUT2D eigenvalue weighted by Crippen LogP contribution is -2.13. The van der Waals surface area contributed by atoms with Crippen molar-refractivity contribution in [2.75, 3.05) is 18.5 Å². The number of thiazole rings is 1. The molecule has 1 unspecified atom stereocenters. The van der Waals surface area contributed by atoms with Crippen LogP contribution in [-0.2, 0) is 16.1 Å². The Balaban J connectivity index is 1.52. The van der Waals surface area contributed by atoms with Crippen LogP contribution in [0.5, 0.6) is 0 Å². The highest BCUT2D eigenvalue weighted by Gasteiger charge is 2.26. The maximum Gasteiger partial charge on any atom is 0.413 e. The average Bonchev–Trinajstić information content (AvgIpc) is 3.25. The topological polar surface area (TPSA) is 77.5 Å². The van der Waals surface area contributed by atoms with Gasteiger partial charge in [0.15, 0.2) is 10.9 Å². The molecular formula is C16H16N2O4S. The highest BCUT2D eigenvalue weighted by Crippen LogP contribution is 2.25. The monoisotopic (exact) mass is 332 g/mol. The molecule has 1 aromatic carbocycles. The summed E-state index contributed by atoms with van der Waals surface area (Å²) in [5.41, 5.74) is 0.902. The number of hydrogen-bond acceptors (Lipinski definition) is 6. The number of nitrogens with one attached hydrogen (secondary N) is 1. The molecule has 7 heteroatoms. The predicted molar refractivity (Wildman–Crippen MR) is 85.6 cm³/mol. The number of carbonyl (C=O) groups excluding carboxylic acids is 2. The second kappa shape index (κ2) is 7.34. The van der Waals surface area contributed by atoms with Crippen LogP contribution in [0.25, 0.3) is 0 Å². The maximum absolute atomic E-state index is 12.2. The van der Waals surface area contributed by atoms with Gasteiger partial charge in [0.25, 0.3) is 0 Å². The average molecular weight is 332 g/mol. The fourth-order valence-electron chi connectivity index (χ4n) is 2.23. The second-order valence-electron chi connectivity index (χ2n) is 5.14. The summed E-state index contributed by atoms with van der Waals surface area (Å²) in [5, 5.41) is 2.89. The van der Waals surface area contributed by atoms with E-state index in [0.717, 1.165) is 23.3 Å². The van der Waals surface area contributed by atoms with Crippen molar-refractivity contribution < 1.29 is 19.1 Å². The molecule has 1 fully saturated rings. The molecule has 1 amide bonds. The number of benzene rings is 1. The van der Waals surface area contributed by atoms with Gasteiger partial charge in [-0.15, -0.1) is 0 Å². The van der Waals surface area contributed by atoms with E-state index in [1.54, 1.807) is 0 Å². The molecule has 1 aliphatic heterocycles. The smallest absolute Gasteiger partial charge is 0.413 e. The zero-order chi connectivity index (χ0) is 16.1. The molecule has 0 aliphatic carbocycles. The standard InChI is InChI=1S/C16H16N2O4S/c19-14(12-6-7-21-10-12)13-8-17-15(23-13)18-16(20)22-9-11-4-2-1-3-5-11/h1-5,8,12H,6-7,9-10H2,(H,17,18,20). The van der Waals surface area contributed by atoms with Gasteiger partial charge >= 0.3 is 6.09 Å². The zero-order valence-electron chi connectivity index (χ0n) is 12.4. The summed E-state index contributed by atoms with van der Waals surface area (Å²) in [5.74, 6) is -0.0842. The van der Waals surface area contributed by atoms with Gasteiger partial charge in [-0.3, -0.25) is 10.1 Å². The molecule has 1 aliphatic rings. The van der Waals surface area contributed by atoms with Crippen molar-refractivity contribution in [3.05, 3.63) is 47.0 Å². The quantitative estimate of drug-likeness (QED) is 0.851. The zero-order valence-corrected chi connectivity index (χ0v) is 13.2. The van der Waals surface area contributed by atoms with Gasteiger partial charge in [0, 0.05) is 12.5 Å². The van der Waals surface area contributed by atoms with Gasteiger partial charge in [-0.25, -0.2) is 9.78 Å². The minimum atomic E-state index is -0.591. The Morgan fingerprint density at radius 3 is 2.91 bits per heavy atom. The van der Waals surface area contributed by atoms with Gasteiger partial charge in [-0.05, 0) is 12.0 Å². The molecule has 0 saturated carbocycles. The summed E-state index contributed by atoms with van der Waals surface area (Å²) in [6.07, 6.45) is 1.63. The first-order chi connectivity index (χ1) is 11.2. The summed E-state index contributed by atoms with van der Waals surface area (Å²) in [4.78, 5) is 28.5. The van der Waals surface area contributed by atoms with E-state index in [2.05, 4.69) is 10.3 Å². The van der Waals surface area contributed by atoms with E-state index in [9.17, 15) is 9.59 Å². The van der Waals surface area contributed by atoms with E-state index in [1.165, 1.54) is 6.20 Å². The molecule has 0 spiro atoms. The molecule has 0 radical (unpaired) electrons. The Hall–Kier alpha value is -2.25. The van der Waals surface area contributed by atoms with Crippen LogP contribution >= 0.6 is 11.3 Å². The van der Waals surface area contributed by atoms with Crippen LogP contribution in [-0.4, -0.2) is 30.1 Å². The molecule has 2 aromatic rings. The van der Waals surface area contributed by atoms with Crippen molar-refractivity contribution >= 4 is 28.3 Å². The number of amides is 1. The molecule has 3 rings (SSSR count). The first-order valence-corrected chi connectivity index (χ1v) is 8.09. The normalized spacial score (nSPS) is 17.0. The van der Waals surface area contributed by atoms with Crippen LogP contribution in [0.15, 0.2) is 36.5 Å². The van der Waals surface area contributed by atoms with E-state index < -0.39 is 6.09 Å². The van der Waals surface area contributed by atoms with Crippen molar-refractivity contribution in [3.8, 4) is 0 Å². The molecule has 1 saturated heterocycles. The first kappa shape index (κ1) is 15.6. The molecule has 1 aromatic heterocycles. The number of carbonyl (C=O) groups is 2. The molecular weight excluding hydrogens is 316 g/mol. The van der Waals surface area contributed by atoms with Crippen molar-refractivity contribution in [3.63, 3.8) is 0 Å². The number of rotatable bonds is 5. The molecule has 0 bridgehead atoms. The number of Topliss-reactive ketones (excluding diaryl/α,β-unsaturated/α-hetero) is 1. The SMILES string of the molecule is O=C(Nc1ncc(C(=O)C2CCOC2)s1)OCc1ccccc1. The number of ether oxygens (including phenoxy) is 2. The molecule has 23 heavy (non-hydrogen) atoms. The van der Waals surface area contributed by atoms with Gasteiger partial charge in [0.1, 0.15) is 6.61 Å². The summed E-state index contributed by atoms with van der Waals surface area (Å²) < 4.78 is 10.3. The number of nitrogens with zero attached hydrogens (tertiary/aromatic N) is 1. The minimum absolute atomic E-state index is 0.0192. The molecule has 1 N–H and O–H groups in total. The van der Waals surface area contributed by atoms with E-state index in [-0.39, 0.29) is 18.3 Å². The number of ketones is 1. The largest absolute Gasteiger partial charge is 0.444 e. The summed E-state index contributed by atoms with van der Waals surface area (Å²) in [6.45, 7) is 1.26. The Kier molecular flexibility index (Phi) is 4.99. The van der Waals surface area contributed by atoms with Crippen LogP contribution in [0.3, 0.4) is 0 Å². The van der Waals surface area contributed by atoms with Crippen LogP contribution < -0.4 is 5.32 Å². The number of hydrogen-bond donors (Lipinski definition) is 1. The minimum Gasteiger partial charge on any atom is -0.444 e. The highest BCUT2D eigenvalue weighted by atomic mass is 32.1. The lowest BCUT2D eigenvalue weighted by atomic mass is 10.0. The fraction of sp³-hybridized carbons (Fsp3) is 0.312. The fourth-order valence-corrected chi connectivity index (χ4v) is 3.06. The van der Waals surface area contributed by atoms with E-state index in [1.807, 2.05) is 30.3 Å². The van der Waals surface area contributed by atoms with Crippen molar-refractivity contribution in [2.45, 2.75) is 13.0 Å². The molecule has 2 heterocycles. The first-order valence-electron chi connectivity index (χ1n) is 7.28. The summed E-state index contributed by atoms with van der Waals surface area (Å²) >= 11 is 1.15. The Morgan fingerprint density at radius 2 is 2.17 bits per heavy atom. The Bertz CT molecular complexity index is 680. The Morgan fingerprint density at radius 1 is 1.35 bits per heavy atom. The summed E-state index contributed by atoms with van der Waals surface area (Å²) in [7, 11) is 0. The van der Waals surface area contributed by atoms with Gasteiger partial charge in [-0.2, -0.15) is 0 Å². The number of aromatic nitrogens is 1. The van der Waals surface area contributed by atoms with Gasteiger partial charge in [0.2, 0.25) is 0 Å². The maximum atomic E-state index is 12.2. The predicted octanol–water partition coefficient (Wildman–Crippen LogP) is 3.11. The van der Waals surface area contributed by atoms with Crippen molar-refractivity contribution in [2.24, 2.45) is 5.92 Å². The Labute approximate surface area is 137 Å². The highest BCUT2D eigenvalue weighted by molar-refractivity contribution is 7.17. The van der Waals surface area contributed by atoms with Crippen LogP contribution in [0, 0.1) is 5.92 Å². The van der Waals surface area contributed by atoms with Gasteiger partial charge in [-0.1, -0.05) is 41.7 Å². The van der Waals surface area contributed by atoms with Crippen molar-refractivity contribution in [1.82, 2.24) is 4.98 Å². The van der Waals surface area contributed by atoms with Crippen LogP contribution in [0.2, 0.25) is 0 Å². The molecule has 120 valence electrons. The third-order valence-electron chi connectivity index (χ3n) is 3.47. The van der Waals surface area contributed by atoms with E-state index >= 15 is 0 Å². The molecule has 6 nitrogen and oxygen atoms in total. The van der Waals surface area contributed by atoms with Gasteiger partial charge in [0.05, 0.1) is 17.7 Å². The van der Waals surface area contributed by atoms with Gasteiger partial charge < -0.3 is 9.47 Å².